The van der Waals surface area contributed by atoms with Gasteiger partial charge in [0.1, 0.15) is 17.3 Å². The molecule has 4 nitrogen and oxygen atoms in total. The van der Waals surface area contributed by atoms with Crippen molar-refractivity contribution in [3.05, 3.63) is 36.5 Å². The van der Waals surface area contributed by atoms with Gasteiger partial charge in [0, 0.05) is 19.3 Å². The summed E-state index contributed by atoms with van der Waals surface area (Å²) in [4.78, 5) is 39.2. The van der Waals surface area contributed by atoms with Gasteiger partial charge in [-0.3, -0.25) is 14.4 Å². The molecule has 0 aromatic heterocycles. The molecule has 65 heavy (non-hydrogen) atoms. The molecule has 0 aromatic rings. The van der Waals surface area contributed by atoms with Crippen LogP contribution in [0.4, 0.5) is 0 Å². The molecule has 0 radical (unpaired) electrons. The van der Waals surface area contributed by atoms with Gasteiger partial charge in [-0.2, -0.15) is 0 Å². The number of unbranched alkanes of at least 4 members (excludes halogenated alkanes) is 33. The normalized spacial score (nSPS) is 12.2. The first kappa shape index (κ1) is 63.2. The molecule has 0 aliphatic heterocycles. The van der Waals surface area contributed by atoms with E-state index >= 15 is 0 Å². The lowest BCUT2D eigenvalue weighted by atomic mass is 10.0. The van der Waals surface area contributed by atoms with Crippen molar-refractivity contribution in [1.82, 2.24) is 0 Å². The van der Waals surface area contributed by atoms with Crippen molar-refractivity contribution in [2.45, 2.75) is 310 Å². The van der Waals surface area contributed by atoms with Gasteiger partial charge in [-0.05, 0) is 96.3 Å². The van der Waals surface area contributed by atoms with Crippen LogP contribution in [-0.4, -0.2) is 48.5 Å². The van der Waals surface area contributed by atoms with Crippen LogP contribution in [0, 0.1) is 0 Å². The number of carbonyl (C=O) groups excluding carboxylic acids is 3. The zero-order valence-electron chi connectivity index (χ0n) is 44.6. The number of quaternary nitrogens is 1. The number of Topliss-reactive ketones (excluding diaryl/α,β-unsaturated/α-hetero) is 3. The fourth-order valence-corrected chi connectivity index (χ4v) is 9.07. The molecule has 0 fully saturated rings. The molecular formula is C61H114NO3+. The van der Waals surface area contributed by atoms with E-state index in [9.17, 15) is 14.4 Å². The van der Waals surface area contributed by atoms with Crippen LogP contribution in [0.1, 0.15) is 310 Å². The molecule has 0 aliphatic rings. The van der Waals surface area contributed by atoms with Gasteiger partial charge in [0.2, 0.25) is 0 Å². The third-order valence-corrected chi connectivity index (χ3v) is 13.9. The molecule has 0 spiro atoms. The summed E-state index contributed by atoms with van der Waals surface area (Å²) in [7, 11) is 2.19. The second kappa shape index (κ2) is 51.6. The predicted molar refractivity (Wildman–Crippen MR) is 288 cm³/mol. The van der Waals surface area contributed by atoms with Gasteiger partial charge >= 0.3 is 0 Å². The first-order valence-electron chi connectivity index (χ1n) is 29.2. The molecule has 0 amide bonds. The minimum atomic E-state index is 0.353. The molecule has 0 saturated carbocycles. The topological polar surface area (TPSA) is 51.2 Å². The summed E-state index contributed by atoms with van der Waals surface area (Å²) in [6.45, 7) is 9.06. The Kier molecular flexibility index (Phi) is 50.1. The summed E-state index contributed by atoms with van der Waals surface area (Å²) in [5, 5.41) is 0. The number of ketones is 3. The van der Waals surface area contributed by atoms with Gasteiger partial charge < -0.3 is 4.48 Å². The van der Waals surface area contributed by atoms with E-state index in [1.807, 2.05) is 0 Å². The number of hydrogen-bond donors (Lipinski definition) is 0. The summed E-state index contributed by atoms with van der Waals surface area (Å²) in [6.07, 6.45) is 67.3. The van der Waals surface area contributed by atoms with Crippen molar-refractivity contribution in [2.75, 3.05) is 26.7 Å². The van der Waals surface area contributed by atoms with E-state index in [-0.39, 0.29) is 0 Å². The molecular weight excluding hydrogens is 795 g/mol. The highest BCUT2D eigenvalue weighted by molar-refractivity contribution is 5.79. The Balaban J connectivity index is 4.51. The van der Waals surface area contributed by atoms with E-state index in [4.69, 9.17) is 0 Å². The molecule has 0 aromatic carbocycles. The number of hydrogen-bond acceptors (Lipinski definition) is 3. The second-order valence-corrected chi connectivity index (χ2v) is 20.7. The van der Waals surface area contributed by atoms with Gasteiger partial charge in [-0.15, -0.1) is 0 Å². The zero-order chi connectivity index (χ0) is 47.4. The highest BCUT2D eigenvalue weighted by Gasteiger charge is 2.25. The van der Waals surface area contributed by atoms with Gasteiger partial charge in [-0.25, -0.2) is 0 Å². The summed E-state index contributed by atoms with van der Waals surface area (Å²) < 4.78 is 0.661. The third-order valence-electron chi connectivity index (χ3n) is 13.9. The first-order valence-corrected chi connectivity index (χ1v) is 29.2. The second-order valence-electron chi connectivity index (χ2n) is 20.7. The van der Waals surface area contributed by atoms with Gasteiger partial charge in [0.15, 0.2) is 0 Å². The lowest BCUT2D eigenvalue weighted by Crippen LogP contribution is -2.48. The van der Waals surface area contributed by atoms with Crippen LogP contribution in [0.5, 0.6) is 0 Å². The molecule has 0 bridgehead atoms. The highest BCUT2D eigenvalue weighted by atomic mass is 16.1. The van der Waals surface area contributed by atoms with Crippen molar-refractivity contribution in [1.29, 1.82) is 0 Å². The Morgan fingerprint density at radius 1 is 0.262 bits per heavy atom. The fraction of sp³-hybridized carbons (Fsp3) is 0.852. The highest BCUT2D eigenvalue weighted by Crippen LogP contribution is 2.17. The lowest BCUT2D eigenvalue weighted by molar-refractivity contribution is -0.907. The Labute approximate surface area is 407 Å². The monoisotopic (exact) mass is 909 g/mol. The summed E-state index contributed by atoms with van der Waals surface area (Å²) in [6, 6.07) is 0. The average Bonchev–Trinajstić information content (AvgIpc) is 3.30. The molecule has 0 rings (SSSR count). The molecule has 0 atom stereocenters. The minimum absolute atomic E-state index is 0.353. The van der Waals surface area contributed by atoms with Crippen LogP contribution >= 0.6 is 0 Å². The van der Waals surface area contributed by atoms with Gasteiger partial charge in [-0.1, -0.05) is 211 Å². The summed E-state index contributed by atoms with van der Waals surface area (Å²) >= 11 is 0. The van der Waals surface area contributed by atoms with Crippen molar-refractivity contribution in [3.63, 3.8) is 0 Å². The fourth-order valence-electron chi connectivity index (χ4n) is 9.07. The van der Waals surface area contributed by atoms with E-state index in [2.05, 4.69) is 64.3 Å². The van der Waals surface area contributed by atoms with Crippen LogP contribution in [0.25, 0.3) is 0 Å². The molecule has 380 valence electrons. The van der Waals surface area contributed by atoms with E-state index in [1.54, 1.807) is 0 Å². The van der Waals surface area contributed by atoms with Crippen LogP contribution in [0.2, 0.25) is 0 Å². The molecule has 4 heteroatoms. The van der Waals surface area contributed by atoms with Crippen LogP contribution < -0.4 is 0 Å². The van der Waals surface area contributed by atoms with E-state index in [1.165, 1.54) is 212 Å². The average molecular weight is 910 g/mol. The van der Waals surface area contributed by atoms with Crippen LogP contribution in [0.3, 0.4) is 0 Å². The largest absolute Gasteiger partial charge is 0.325 e. The first-order chi connectivity index (χ1) is 31.9. The van der Waals surface area contributed by atoms with E-state index in [0.29, 0.717) is 60.4 Å². The quantitative estimate of drug-likeness (QED) is 0.0347. The molecule has 0 N–H and O–H groups in total. The van der Waals surface area contributed by atoms with Crippen molar-refractivity contribution < 1.29 is 18.9 Å². The maximum Gasteiger partial charge on any atom is 0.138 e. The standard InChI is InChI=1S/C61H114NO3/c1-5-8-11-14-17-20-23-26-29-32-35-38-41-44-47-50-59(63)53-56-62(4,57-54-60(64)51-48-45-42-39-36-33-30-27-24-21-18-15-12-9-6-2)58-55-61(65)52-49-46-43-40-37-34-31-28-25-22-19-16-13-10-7-3/h26-31H,5-25,32-58H2,1-4H3/q+1/b29-26-,30-27+,31-28+. The van der Waals surface area contributed by atoms with E-state index in [0.717, 1.165) is 58.2 Å². The van der Waals surface area contributed by atoms with Crippen LogP contribution in [-0.2, 0) is 14.4 Å². The molecule has 0 unspecified atom stereocenters. The number of nitrogens with zero attached hydrogens (tertiary/aromatic N) is 1. The van der Waals surface area contributed by atoms with Gasteiger partial charge in [0.05, 0.1) is 45.9 Å². The number of carbonyl (C=O) groups is 3. The minimum Gasteiger partial charge on any atom is -0.325 e. The van der Waals surface area contributed by atoms with E-state index < -0.39 is 0 Å². The number of rotatable bonds is 54. The summed E-state index contributed by atoms with van der Waals surface area (Å²) in [5.74, 6) is 1.06. The molecule has 0 heterocycles. The Morgan fingerprint density at radius 3 is 0.662 bits per heavy atom. The smallest absolute Gasteiger partial charge is 0.138 e. The molecule has 0 saturated heterocycles. The third kappa shape index (κ3) is 49.9. The Hall–Kier alpha value is -1.81. The maximum absolute atomic E-state index is 13.1. The SMILES string of the molecule is CCCCCCCC/C=C\CCCCCCCC(=O)CC[N+](C)(CCC(=O)CCCCCCC/C=C/CCCCCCCC)CCC(=O)CCCCCCC/C=C/CCCCCCCC. The molecule has 0 aliphatic carbocycles. The number of allylic oxidation sites excluding steroid dienone is 6. The Bertz CT molecular complexity index is 984. The van der Waals surface area contributed by atoms with Crippen molar-refractivity contribution >= 4 is 17.3 Å². The summed E-state index contributed by atoms with van der Waals surface area (Å²) in [5.41, 5.74) is 0. The predicted octanol–water partition coefficient (Wildman–Crippen LogP) is 19.4. The lowest BCUT2D eigenvalue weighted by Gasteiger charge is -2.34. The van der Waals surface area contributed by atoms with Crippen molar-refractivity contribution in [3.8, 4) is 0 Å². The Morgan fingerprint density at radius 2 is 0.446 bits per heavy atom. The van der Waals surface area contributed by atoms with Gasteiger partial charge in [0.25, 0.3) is 0 Å². The maximum atomic E-state index is 13.1. The zero-order valence-corrected chi connectivity index (χ0v) is 44.6. The van der Waals surface area contributed by atoms with Crippen molar-refractivity contribution in [2.24, 2.45) is 0 Å². The van der Waals surface area contributed by atoms with Crippen LogP contribution in [0.15, 0.2) is 36.5 Å².